The lowest BCUT2D eigenvalue weighted by molar-refractivity contribution is 0.807. The van der Waals surface area contributed by atoms with Crippen LogP contribution in [0.1, 0.15) is 38.7 Å². The third kappa shape index (κ3) is 3.33. The van der Waals surface area contributed by atoms with Gasteiger partial charge >= 0.3 is 0 Å². The molecule has 1 aromatic heterocycles. The van der Waals surface area contributed by atoms with Crippen LogP contribution >= 0.6 is 0 Å². The molecule has 0 fully saturated rings. The third-order valence-corrected chi connectivity index (χ3v) is 2.71. The summed E-state index contributed by atoms with van der Waals surface area (Å²) in [5.41, 5.74) is 1.11. The molecule has 98 valence electrons. The highest BCUT2D eigenvalue weighted by Crippen LogP contribution is 2.30. The van der Waals surface area contributed by atoms with Gasteiger partial charge in [-0.05, 0) is 12.8 Å². The minimum atomic E-state index is 0.333. The van der Waals surface area contributed by atoms with Gasteiger partial charge in [-0.1, -0.05) is 13.8 Å². The van der Waals surface area contributed by atoms with Crippen molar-refractivity contribution in [2.75, 3.05) is 30.4 Å². The average Bonchev–Trinajstić information content (AvgIpc) is 2.35. The van der Waals surface area contributed by atoms with E-state index in [-0.39, 0.29) is 0 Å². The molecular formula is C13H21N5. The van der Waals surface area contributed by atoms with Gasteiger partial charge in [0, 0.05) is 25.7 Å². The molecule has 1 N–H and O–H groups in total. The van der Waals surface area contributed by atoms with Crippen LogP contribution in [0.4, 0.5) is 11.6 Å². The van der Waals surface area contributed by atoms with Crippen LogP contribution in [-0.4, -0.2) is 30.1 Å². The van der Waals surface area contributed by atoms with Gasteiger partial charge in [0.15, 0.2) is 0 Å². The van der Waals surface area contributed by atoms with Crippen molar-refractivity contribution in [3.05, 3.63) is 11.9 Å². The van der Waals surface area contributed by atoms with Crippen LogP contribution in [0, 0.1) is 11.3 Å². The molecule has 0 saturated carbocycles. The zero-order valence-corrected chi connectivity index (χ0v) is 11.6. The smallest absolute Gasteiger partial charge is 0.137 e. The molecule has 1 heterocycles. The maximum absolute atomic E-state index is 8.66. The quantitative estimate of drug-likeness (QED) is 0.836. The Morgan fingerprint density at radius 1 is 1.44 bits per heavy atom. The van der Waals surface area contributed by atoms with Gasteiger partial charge in [-0.25, -0.2) is 9.97 Å². The van der Waals surface area contributed by atoms with Gasteiger partial charge in [-0.2, -0.15) is 5.26 Å². The van der Waals surface area contributed by atoms with E-state index in [9.17, 15) is 0 Å². The predicted molar refractivity (Wildman–Crippen MR) is 73.8 cm³/mol. The van der Waals surface area contributed by atoms with Gasteiger partial charge in [0.1, 0.15) is 18.0 Å². The Balaban J connectivity index is 3.10. The maximum Gasteiger partial charge on any atom is 0.137 e. The average molecular weight is 247 g/mol. The van der Waals surface area contributed by atoms with E-state index in [1.54, 1.807) is 6.33 Å². The van der Waals surface area contributed by atoms with Gasteiger partial charge in [-0.15, -0.1) is 0 Å². The molecule has 0 unspecified atom stereocenters. The molecule has 0 radical (unpaired) electrons. The Bertz CT molecular complexity index is 422. The summed E-state index contributed by atoms with van der Waals surface area (Å²) in [4.78, 5) is 10.7. The first-order chi connectivity index (χ1) is 8.61. The number of hydrogen-bond acceptors (Lipinski definition) is 5. The van der Waals surface area contributed by atoms with Crippen LogP contribution in [0.3, 0.4) is 0 Å². The minimum absolute atomic E-state index is 0.333. The summed E-state index contributed by atoms with van der Waals surface area (Å²) in [6.45, 7) is 7.81. The van der Waals surface area contributed by atoms with Crippen molar-refractivity contribution in [3.63, 3.8) is 0 Å². The lowest BCUT2D eigenvalue weighted by atomic mass is 10.0. The number of nitrogens with one attached hydrogen (secondary N) is 1. The van der Waals surface area contributed by atoms with Crippen LogP contribution in [0.25, 0.3) is 0 Å². The molecule has 0 aliphatic heterocycles. The van der Waals surface area contributed by atoms with Gasteiger partial charge in [-0.3, -0.25) is 0 Å². The molecule has 0 saturated heterocycles. The highest BCUT2D eigenvalue weighted by molar-refractivity contribution is 5.60. The van der Waals surface area contributed by atoms with E-state index >= 15 is 0 Å². The molecule has 1 aromatic rings. The van der Waals surface area contributed by atoms with Crippen LogP contribution < -0.4 is 10.2 Å². The largest absolute Gasteiger partial charge is 0.370 e. The first kappa shape index (κ1) is 14.2. The molecule has 5 nitrogen and oxygen atoms in total. The summed E-state index contributed by atoms with van der Waals surface area (Å²) in [5.74, 6) is 2.13. The molecule has 18 heavy (non-hydrogen) atoms. The Labute approximate surface area is 109 Å². The molecule has 0 aromatic carbocycles. The number of nitrogens with zero attached hydrogens (tertiary/aromatic N) is 4. The highest BCUT2D eigenvalue weighted by atomic mass is 15.2. The Hall–Kier alpha value is -1.83. The first-order valence-corrected chi connectivity index (χ1v) is 6.28. The monoisotopic (exact) mass is 247 g/mol. The normalized spacial score (nSPS) is 10.2. The maximum atomic E-state index is 8.66. The third-order valence-electron chi connectivity index (χ3n) is 2.71. The fourth-order valence-electron chi connectivity index (χ4n) is 1.85. The van der Waals surface area contributed by atoms with Crippen LogP contribution in [0.2, 0.25) is 0 Å². The van der Waals surface area contributed by atoms with Gasteiger partial charge in [0.25, 0.3) is 0 Å². The molecule has 0 aliphatic carbocycles. The summed E-state index contributed by atoms with van der Waals surface area (Å²) in [6.07, 6.45) is 2.07. The van der Waals surface area contributed by atoms with Crippen LogP contribution in [0.15, 0.2) is 6.33 Å². The number of aromatic nitrogens is 2. The van der Waals surface area contributed by atoms with Gasteiger partial charge < -0.3 is 10.2 Å². The number of anilines is 2. The van der Waals surface area contributed by atoms with Crippen LogP contribution in [-0.2, 0) is 0 Å². The number of nitriles is 1. The first-order valence-electron chi connectivity index (χ1n) is 6.28. The molecule has 5 heteroatoms. The highest BCUT2D eigenvalue weighted by Gasteiger charge is 2.17. The van der Waals surface area contributed by atoms with Crippen molar-refractivity contribution in [1.29, 1.82) is 5.26 Å². The Kier molecular flexibility index (Phi) is 5.37. The summed E-state index contributed by atoms with van der Waals surface area (Å²) in [5, 5.41) is 11.9. The molecule has 0 spiro atoms. The molecular weight excluding hydrogens is 226 g/mol. The Morgan fingerprint density at radius 2 is 2.17 bits per heavy atom. The molecule has 0 aliphatic rings. The fraction of sp³-hybridized carbons (Fsp3) is 0.615. The fourth-order valence-corrected chi connectivity index (χ4v) is 1.85. The second-order valence-electron chi connectivity index (χ2n) is 4.47. The molecule has 0 bridgehead atoms. The van der Waals surface area contributed by atoms with E-state index in [4.69, 9.17) is 5.26 Å². The summed E-state index contributed by atoms with van der Waals surface area (Å²) >= 11 is 0. The minimum Gasteiger partial charge on any atom is -0.370 e. The zero-order valence-electron chi connectivity index (χ0n) is 11.6. The molecule has 0 atom stereocenters. The lowest BCUT2D eigenvalue weighted by Crippen LogP contribution is -2.22. The standard InChI is InChI=1S/C13H21N5/c1-5-15-12-11(10(2)3)13(17-9-16-12)18(4)8-6-7-14/h9-10H,5-6,8H2,1-4H3,(H,15,16,17). The van der Waals surface area contributed by atoms with E-state index in [1.165, 1.54) is 0 Å². The van der Waals surface area contributed by atoms with Gasteiger partial charge in [0.05, 0.1) is 12.5 Å². The SMILES string of the molecule is CCNc1ncnc(N(C)CCC#N)c1C(C)C. The van der Waals surface area contributed by atoms with Crippen molar-refractivity contribution in [2.45, 2.75) is 33.1 Å². The summed E-state index contributed by atoms with van der Waals surface area (Å²) in [6, 6.07) is 2.16. The van der Waals surface area contributed by atoms with E-state index in [2.05, 4.69) is 35.2 Å². The second kappa shape index (κ2) is 6.80. The number of hydrogen-bond donors (Lipinski definition) is 1. The second-order valence-corrected chi connectivity index (χ2v) is 4.47. The van der Waals surface area contributed by atoms with Crippen molar-refractivity contribution >= 4 is 11.6 Å². The van der Waals surface area contributed by atoms with Crippen LogP contribution in [0.5, 0.6) is 0 Å². The summed E-state index contributed by atoms with van der Waals surface area (Å²) < 4.78 is 0. The van der Waals surface area contributed by atoms with Crippen molar-refractivity contribution in [1.82, 2.24) is 9.97 Å². The zero-order chi connectivity index (χ0) is 13.5. The summed E-state index contributed by atoms with van der Waals surface area (Å²) in [7, 11) is 1.96. The van der Waals surface area contributed by atoms with E-state index in [1.807, 2.05) is 18.9 Å². The Morgan fingerprint density at radius 3 is 2.72 bits per heavy atom. The topological polar surface area (TPSA) is 64.8 Å². The van der Waals surface area contributed by atoms with E-state index in [0.717, 1.165) is 23.7 Å². The molecule has 0 amide bonds. The predicted octanol–water partition coefficient (Wildman–Crippen LogP) is 2.38. The van der Waals surface area contributed by atoms with Gasteiger partial charge in [0.2, 0.25) is 0 Å². The van der Waals surface area contributed by atoms with Crippen molar-refractivity contribution in [3.8, 4) is 6.07 Å². The van der Waals surface area contributed by atoms with E-state index in [0.29, 0.717) is 18.9 Å². The van der Waals surface area contributed by atoms with Crippen molar-refractivity contribution < 1.29 is 0 Å². The molecule has 1 rings (SSSR count). The lowest BCUT2D eigenvalue weighted by Gasteiger charge is -2.23. The van der Waals surface area contributed by atoms with Crippen molar-refractivity contribution in [2.24, 2.45) is 0 Å². The van der Waals surface area contributed by atoms with E-state index < -0.39 is 0 Å². The number of rotatable bonds is 6.